The quantitative estimate of drug-likeness (QED) is 0.466. The summed E-state index contributed by atoms with van der Waals surface area (Å²) in [5.74, 6) is 0.926. The number of halogens is 2. The van der Waals surface area contributed by atoms with Gasteiger partial charge in [0, 0.05) is 15.4 Å². The second-order valence-corrected chi connectivity index (χ2v) is 7.28. The molecular formula is C19H16Br2N2O. The Balaban J connectivity index is 1.80. The molecular weight excluding hydrogens is 432 g/mol. The van der Waals surface area contributed by atoms with Crippen LogP contribution >= 0.6 is 31.9 Å². The molecule has 1 aliphatic rings. The van der Waals surface area contributed by atoms with E-state index in [1.807, 2.05) is 35.0 Å². The van der Waals surface area contributed by atoms with Crippen LogP contribution in [0.5, 0.6) is 5.75 Å². The fourth-order valence-electron chi connectivity index (χ4n) is 2.62. The summed E-state index contributed by atoms with van der Waals surface area (Å²) >= 11 is 7.14. The fraction of sp³-hybridized carbons (Fsp3) is 0.211. The van der Waals surface area contributed by atoms with E-state index in [1.165, 1.54) is 0 Å². The van der Waals surface area contributed by atoms with Crippen LogP contribution in [0.4, 0.5) is 0 Å². The Morgan fingerprint density at radius 3 is 2.67 bits per heavy atom. The number of hydrogen-bond donors (Lipinski definition) is 0. The second kappa shape index (κ2) is 6.73. The third-order valence-corrected chi connectivity index (χ3v) is 5.18. The molecule has 0 spiro atoms. The van der Waals surface area contributed by atoms with E-state index in [9.17, 15) is 0 Å². The minimum absolute atomic E-state index is 0.395. The summed E-state index contributed by atoms with van der Waals surface area (Å²) in [5, 5.41) is 5.46. The first kappa shape index (κ1) is 15.9. The van der Waals surface area contributed by atoms with Gasteiger partial charge in [0.15, 0.2) is 0 Å². The standard InChI is InChI=1S/C19H16Br2N2O/c20-12-14-11-19(23(22-14)18-7-2-1-6-17(18)21)13-4-3-5-16(10-13)24-15-8-9-15/h1-7,10-11,15H,8-9,12H2. The number of hydrogen-bond acceptors (Lipinski definition) is 2. The lowest BCUT2D eigenvalue weighted by Gasteiger charge is -2.11. The van der Waals surface area contributed by atoms with Crippen molar-refractivity contribution in [3.05, 3.63) is 64.8 Å². The highest BCUT2D eigenvalue weighted by molar-refractivity contribution is 9.10. The first-order valence-corrected chi connectivity index (χ1v) is 9.83. The van der Waals surface area contributed by atoms with Crippen LogP contribution in [0.3, 0.4) is 0 Å². The summed E-state index contributed by atoms with van der Waals surface area (Å²) in [5.41, 5.74) is 4.17. The maximum absolute atomic E-state index is 5.94. The van der Waals surface area contributed by atoms with Gasteiger partial charge in [-0.15, -0.1) is 0 Å². The van der Waals surface area contributed by atoms with Crippen LogP contribution in [-0.4, -0.2) is 15.9 Å². The molecule has 0 saturated heterocycles. The molecule has 0 aliphatic heterocycles. The molecule has 0 radical (unpaired) electrons. The molecule has 1 saturated carbocycles. The van der Waals surface area contributed by atoms with Crippen molar-refractivity contribution < 1.29 is 4.74 Å². The molecule has 3 nitrogen and oxygen atoms in total. The van der Waals surface area contributed by atoms with Crippen LogP contribution in [0.2, 0.25) is 0 Å². The third-order valence-electron chi connectivity index (χ3n) is 3.93. The van der Waals surface area contributed by atoms with Crippen molar-refractivity contribution in [3.8, 4) is 22.7 Å². The minimum atomic E-state index is 0.395. The molecule has 0 atom stereocenters. The van der Waals surface area contributed by atoms with E-state index >= 15 is 0 Å². The van der Waals surface area contributed by atoms with Gasteiger partial charge in [0.2, 0.25) is 0 Å². The number of nitrogens with zero attached hydrogens (tertiary/aromatic N) is 2. The van der Waals surface area contributed by atoms with Crippen LogP contribution in [0, 0.1) is 0 Å². The van der Waals surface area contributed by atoms with E-state index in [-0.39, 0.29) is 0 Å². The molecule has 122 valence electrons. The first-order valence-electron chi connectivity index (χ1n) is 7.91. The molecule has 1 aliphatic carbocycles. The summed E-state index contributed by atoms with van der Waals surface area (Å²) in [6.45, 7) is 0. The van der Waals surface area contributed by atoms with Gasteiger partial charge in [0.25, 0.3) is 0 Å². The van der Waals surface area contributed by atoms with E-state index in [1.54, 1.807) is 0 Å². The van der Waals surface area contributed by atoms with Crippen molar-refractivity contribution in [2.24, 2.45) is 0 Å². The first-order chi connectivity index (χ1) is 11.7. The third kappa shape index (κ3) is 3.28. The Kier molecular flexibility index (Phi) is 4.46. The lowest BCUT2D eigenvalue weighted by Crippen LogP contribution is -2.01. The normalized spacial score (nSPS) is 13.9. The van der Waals surface area contributed by atoms with Gasteiger partial charge in [-0.3, -0.25) is 0 Å². The molecule has 1 aromatic heterocycles. The van der Waals surface area contributed by atoms with Crippen LogP contribution in [0.15, 0.2) is 59.1 Å². The van der Waals surface area contributed by atoms with Crippen LogP contribution in [0.25, 0.3) is 16.9 Å². The predicted molar refractivity (Wildman–Crippen MR) is 103 cm³/mol. The zero-order valence-electron chi connectivity index (χ0n) is 13.0. The molecule has 0 bridgehead atoms. The topological polar surface area (TPSA) is 27.1 Å². The van der Waals surface area contributed by atoms with Crippen LogP contribution in [0.1, 0.15) is 18.5 Å². The Bertz CT molecular complexity index is 871. The van der Waals surface area contributed by atoms with E-state index < -0.39 is 0 Å². The molecule has 0 N–H and O–H groups in total. The molecule has 1 fully saturated rings. The van der Waals surface area contributed by atoms with Gasteiger partial charge >= 0.3 is 0 Å². The monoisotopic (exact) mass is 446 g/mol. The van der Waals surface area contributed by atoms with Crippen molar-refractivity contribution in [1.29, 1.82) is 0 Å². The maximum atomic E-state index is 5.94. The average Bonchev–Trinajstić information content (AvgIpc) is 3.31. The van der Waals surface area contributed by atoms with Crippen LogP contribution in [-0.2, 0) is 5.33 Å². The lowest BCUT2D eigenvalue weighted by molar-refractivity contribution is 0.303. The summed E-state index contributed by atoms with van der Waals surface area (Å²) < 4.78 is 8.94. The van der Waals surface area contributed by atoms with E-state index in [2.05, 4.69) is 56.1 Å². The summed E-state index contributed by atoms with van der Waals surface area (Å²) in [4.78, 5) is 0. The van der Waals surface area contributed by atoms with Crippen molar-refractivity contribution in [2.75, 3.05) is 0 Å². The number of benzene rings is 2. The maximum Gasteiger partial charge on any atom is 0.120 e. The van der Waals surface area contributed by atoms with E-state index in [0.29, 0.717) is 6.10 Å². The Morgan fingerprint density at radius 1 is 1.08 bits per heavy atom. The van der Waals surface area contributed by atoms with Gasteiger partial charge in [-0.05, 0) is 59.1 Å². The van der Waals surface area contributed by atoms with Gasteiger partial charge in [-0.2, -0.15) is 5.10 Å². The molecule has 5 heteroatoms. The zero-order chi connectivity index (χ0) is 16.5. The van der Waals surface area contributed by atoms with Crippen molar-refractivity contribution >= 4 is 31.9 Å². The zero-order valence-corrected chi connectivity index (χ0v) is 16.1. The highest BCUT2D eigenvalue weighted by atomic mass is 79.9. The molecule has 0 amide bonds. The number of para-hydroxylation sites is 1. The number of ether oxygens (including phenoxy) is 1. The Hall–Kier alpha value is -1.59. The van der Waals surface area contributed by atoms with Gasteiger partial charge < -0.3 is 4.74 Å². The summed E-state index contributed by atoms with van der Waals surface area (Å²) in [6.07, 6.45) is 2.71. The lowest BCUT2D eigenvalue weighted by atomic mass is 10.1. The summed E-state index contributed by atoms with van der Waals surface area (Å²) in [7, 11) is 0. The van der Waals surface area contributed by atoms with Gasteiger partial charge in [0.1, 0.15) is 5.75 Å². The van der Waals surface area contributed by atoms with Crippen molar-refractivity contribution in [3.63, 3.8) is 0 Å². The Morgan fingerprint density at radius 2 is 1.92 bits per heavy atom. The molecule has 2 aromatic carbocycles. The van der Waals surface area contributed by atoms with Gasteiger partial charge in [0.05, 0.1) is 23.2 Å². The number of rotatable bonds is 5. The van der Waals surface area contributed by atoms with Crippen molar-refractivity contribution in [2.45, 2.75) is 24.3 Å². The largest absolute Gasteiger partial charge is 0.490 e. The van der Waals surface area contributed by atoms with Gasteiger partial charge in [-0.1, -0.05) is 40.2 Å². The van der Waals surface area contributed by atoms with Gasteiger partial charge in [-0.25, -0.2) is 4.68 Å². The number of aromatic nitrogens is 2. The minimum Gasteiger partial charge on any atom is -0.490 e. The second-order valence-electron chi connectivity index (χ2n) is 5.86. The fourth-order valence-corrected chi connectivity index (χ4v) is 3.34. The Labute approximate surface area is 157 Å². The summed E-state index contributed by atoms with van der Waals surface area (Å²) in [6, 6.07) is 18.5. The molecule has 1 heterocycles. The average molecular weight is 448 g/mol. The molecule has 0 unspecified atom stereocenters. The molecule has 3 aromatic rings. The highest BCUT2D eigenvalue weighted by Crippen LogP contribution is 2.32. The highest BCUT2D eigenvalue weighted by Gasteiger charge is 2.23. The van der Waals surface area contributed by atoms with E-state index in [0.717, 1.165) is 51.0 Å². The van der Waals surface area contributed by atoms with E-state index in [4.69, 9.17) is 9.84 Å². The van der Waals surface area contributed by atoms with Crippen molar-refractivity contribution in [1.82, 2.24) is 9.78 Å². The smallest absolute Gasteiger partial charge is 0.120 e. The SMILES string of the molecule is BrCc1cc(-c2cccc(OC3CC3)c2)n(-c2ccccc2Br)n1. The molecule has 4 rings (SSSR count). The number of alkyl halides is 1. The van der Waals surface area contributed by atoms with Crippen LogP contribution < -0.4 is 4.74 Å². The molecule has 24 heavy (non-hydrogen) atoms. The predicted octanol–water partition coefficient (Wildman–Crippen LogP) is 5.74.